The number of aromatic nitrogens is 2. The van der Waals surface area contributed by atoms with Crippen LogP contribution in [0.5, 0.6) is 11.6 Å². The number of thioether (sulfide) groups is 1. The Labute approximate surface area is 325 Å². The summed E-state index contributed by atoms with van der Waals surface area (Å²) in [5.41, 5.74) is 1.29. The van der Waals surface area contributed by atoms with Gasteiger partial charge in [-0.15, -0.1) is 11.8 Å². The van der Waals surface area contributed by atoms with E-state index in [1.807, 2.05) is 66.1 Å². The van der Waals surface area contributed by atoms with Gasteiger partial charge in [-0.3, -0.25) is 19.1 Å². The number of carbonyl (C=O) groups is 3. The summed E-state index contributed by atoms with van der Waals surface area (Å²) in [5.74, 6) is -0.908. The lowest BCUT2D eigenvalue weighted by Crippen LogP contribution is -2.57. The van der Waals surface area contributed by atoms with Crippen LogP contribution in [0.25, 0.3) is 11.0 Å². The molecule has 0 radical (unpaired) electrons. The van der Waals surface area contributed by atoms with E-state index >= 15 is 0 Å². The van der Waals surface area contributed by atoms with Crippen molar-refractivity contribution in [2.75, 3.05) is 19.0 Å². The molecule has 1 unspecified atom stereocenters. The Balaban J connectivity index is 1.12. The van der Waals surface area contributed by atoms with Gasteiger partial charge in [-0.2, -0.15) is 0 Å². The van der Waals surface area contributed by atoms with Crippen LogP contribution in [0.3, 0.4) is 0 Å². The fourth-order valence-corrected chi connectivity index (χ4v) is 10.0. The molecule has 0 spiro atoms. The van der Waals surface area contributed by atoms with E-state index < -0.39 is 50.8 Å². The van der Waals surface area contributed by atoms with Crippen molar-refractivity contribution < 1.29 is 32.3 Å². The van der Waals surface area contributed by atoms with Crippen LogP contribution in [0.15, 0.2) is 72.2 Å². The van der Waals surface area contributed by atoms with Gasteiger partial charge in [0.05, 0.1) is 35.2 Å². The predicted molar refractivity (Wildman–Crippen MR) is 210 cm³/mol. The first-order valence-corrected chi connectivity index (χ1v) is 21.6. The summed E-state index contributed by atoms with van der Waals surface area (Å²) in [7, 11) is -2.26. The Kier molecular flexibility index (Phi) is 10.5. The number of nitrogens with zero attached hydrogens (tertiary/aromatic N) is 3. The number of fused-ring (bicyclic) bond motifs is 3. The zero-order chi connectivity index (χ0) is 38.2. The number of allylic oxidation sites excluding steroid dienone is 2. The highest BCUT2D eigenvalue weighted by Crippen LogP contribution is 2.46. The molecule has 15 heteroatoms. The first-order chi connectivity index (χ1) is 26.6. The molecule has 2 aliphatic carbocycles. The number of ether oxygens (including phenoxy) is 2. The molecule has 6 atom stereocenters. The van der Waals surface area contributed by atoms with Crippen molar-refractivity contribution in [2.24, 2.45) is 5.92 Å². The number of benzene rings is 2. The number of nitrogens with one attached hydrogen (secondary N) is 3. The van der Waals surface area contributed by atoms with Crippen LogP contribution in [0, 0.1) is 5.92 Å². The highest BCUT2D eigenvalue weighted by atomic mass is 32.2. The van der Waals surface area contributed by atoms with Crippen molar-refractivity contribution in [3.05, 3.63) is 77.9 Å². The summed E-state index contributed by atoms with van der Waals surface area (Å²) in [6.07, 6.45) is 11.4. The molecular weight excluding hydrogens is 741 g/mol. The van der Waals surface area contributed by atoms with E-state index in [0.717, 1.165) is 37.8 Å². The summed E-state index contributed by atoms with van der Waals surface area (Å²) in [6, 6.07) is 13.4. The smallest absolute Gasteiger partial charge is 0.259 e. The van der Waals surface area contributed by atoms with Gasteiger partial charge in [0.25, 0.3) is 5.91 Å². The highest BCUT2D eigenvalue weighted by molar-refractivity contribution is 8.02. The number of para-hydroxylation sites is 1. The molecule has 1 saturated heterocycles. The van der Waals surface area contributed by atoms with Crippen LogP contribution in [0.4, 0.5) is 5.69 Å². The van der Waals surface area contributed by atoms with Crippen LogP contribution >= 0.6 is 11.8 Å². The average Bonchev–Trinajstić information content (AvgIpc) is 4.05. The van der Waals surface area contributed by atoms with Gasteiger partial charge in [-0.05, 0) is 74.6 Å². The maximum Gasteiger partial charge on any atom is 0.259 e. The molecule has 55 heavy (non-hydrogen) atoms. The lowest BCUT2D eigenvalue weighted by atomic mass is 10.0. The average molecular weight is 787 g/mol. The fourth-order valence-electron chi connectivity index (χ4n) is 7.76. The molecule has 2 aromatic carbocycles. The zero-order valence-corrected chi connectivity index (χ0v) is 32.3. The second kappa shape index (κ2) is 15.5. The van der Waals surface area contributed by atoms with Crippen molar-refractivity contribution in [2.45, 2.75) is 98.4 Å². The van der Waals surface area contributed by atoms with Crippen LogP contribution < -0.4 is 24.8 Å². The third-order valence-electron chi connectivity index (χ3n) is 11.1. The number of hydrogen-bond donors (Lipinski definition) is 3. The van der Waals surface area contributed by atoms with Crippen molar-refractivity contribution in [1.82, 2.24) is 24.9 Å². The van der Waals surface area contributed by atoms with Gasteiger partial charge in [0.1, 0.15) is 35.2 Å². The fraction of sp³-hybridized carbons (Fsp3) is 0.475. The molecule has 3 fully saturated rings. The molecule has 290 valence electrons. The van der Waals surface area contributed by atoms with E-state index in [4.69, 9.17) is 19.4 Å². The third kappa shape index (κ3) is 8.04. The first kappa shape index (κ1) is 37.3. The van der Waals surface area contributed by atoms with E-state index in [1.165, 1.54) is 0 Å². The molecule has 3 amide bonds. The summed E-state index contributed by atoms with van der Waals surface area (Å²) in [4.78, 5) is 54.5. The molecule has 8 rings (SSSR count). The van der Waals surface area contributed by atoms with Gasteiger partial charge >= 0.3 is 0 Å². The Hall–Kier alpha value is -4.63. The second-order valence-electron chi connectivity index (χ2n) is 15.1. The van der Waals surface area contributed by atoms with Gasteiger partial charge in [0.15, 0.2) is 0 Å². The van der Waals surface area contributed by atoms with E-state index in [9.17, 15) is 22.8 Å². The number of methoxy groups -OCH3 is 1. The van der Waals surface area contributed by atoms with Gasteiger partial charge in [-0.1, -0.05) is 49.3 Å². The van der Waals surface area contributed by atoms with Crippen LogP contribution in [0.2, 0.25) is 0 Å². The number of carbonyl (C=O) groups excluding carboxylic acids is 3. The molecule has 4 heterocycles. The van der Waals surface area contributed by atoms with Crippen molar-refractivity contribution in [3.8, 4) is 11.6 Å². The number of sulfonamides is 1. The van der Waals surface area contributed by atoms with E-state index in [-0.39, 0.29) is 36.5 Å². The Morgan fingerprint density at radius 1 is 1.02 bits per heavy atom. The van der Waals surface area contributed by atoms with E-state index in [0.29, 0.717) is 47.6 Å². The number of hydrogen-bond acceptors (Lipinski definition) is 11. The lowest BCUT2D eigenvalue weighted by molar-refractivity contribution is -0.140. The van der Waals surface area contributed by atoms with Crippen molar-refractivity contribution in [3.63, 3.8) is 0 Å². The predicted octanol–water partition coefficient (Wildman–Crippen LogP) is 5.16. The molecular formula is C40H46N6O7S2. The largest absolute Gasteiger partial charge is 0.497 e. The maximum absolute atomic E-state index is 14.7. The number of amides is 3. The summed E-state index contributed by atoms with van der Waals surface area (Å²) in [6.45, 7) is 0.0975. The maximum atomic E-state index is 14.7. The molecule has 2 saturated carbocycles. The number of rotatable bonds is 9. The third-order valence-corrected chi connectivity index (χ3v) is 14.0. The molecule has 13 nitrogen and oxygen atoms in total. The minimum atomic E-state index is -3.86. The highest BCUT2D eigenvalue weighted by Gasteiger charge is 2.62. The number of anilines is 1. The second-order valence-corrected chi connectivity index (χ2v) is 18.1. The van der Waals surface area contributed by atoms with Gasteiger partial charge in [0.2, 0.25) is 27.7 Å². The van der Waals surface area contributed by atoms with Gasteiger partial charge in [0, 0.05) is 24.1 Å². The topological polar surface area (TPSA) is 169 Å². The lowest BCUT2D eigenvalue weighted by Gasteiger charge is -2.30. The molecule has 0 bridgehead atoms. The van der Waals surface area contributed by atoms with Gasteiger partial charge < -0.3 is 25.0 Å². The standard InChI is InChI=1S/C40H46N6O7S2/c1-52-27-16-19-30-32(21-27)42-35(34-15-10-20-54-34)37(43-30)53-28-22-33-36(47)44-40(39(49)45-55(50,51)29-17-18-29)23-25(40)11-6-3-2-4-9-14-31(38(48)46(33)24-28)41-26-12-7-5-8-13-26/h5-8,10-13,16,19-21,25,28-29,31,33-34,41H,2-4,9,14-15,17-18,22-24H2,1H3,(H,44,47)(H,45,49)/b11-6-/t25-,28-,31+,33+,34?,40-/m1/s1. The summed E-state index contributed by atoms with van der Waals surface area (Å²) < 4.78 is 40.2. The quantitative estimate of drug-likeness (QED) is 0.245. The Morgan fingerprint density at radius 3 is 2.62 bits per heavy atom. The minimum absolute atomic E-state index is 0.0282. The van der Waals surface area contributed by atoms with Gasteiger partial charge in [-0.25, -0.2) is 18.4 Å². The van der Waals surface area contributed by atoms with Crippen LogP contribution in [0.1, 0.15) is 75.2 Å². The van der Waals surface area contributed by atoms with Crippen molar-refractivity contribution in [1.29, 1.82) is 0 Å². The van der Waals surface area contributed by atoms with E-state index in [2.05, 4.69) is 21.4 Å². The van der Waals surface area contributed by atoms with Crippen LogP contribution in [-0.2, 0) is 24.4 Å². The zero-order valence-electron chi connectivity index (χ0n) is 30.7. The van der Waals surface area contributed by atoms with Crippen molar-refractivity contribution >= 4 is 56.2 Å². The SMILES string of the molecule is COc1ccc2nc(O[C@@H]3C[C@H]4C(=O)N[C@]5(C(=O)NS(=O)(=O)C6CC6)C[C@H]5/C=C\CCCCC[C@H](Nc5ccccc5)C(=O)N4C3)c(C3CC=CS3)nc2c1. The van der Waals surface area contributed by atoms with Crippen LogP contribution in [-0.4, -0.2) is 83.6 Å². The first-order valence-electron chi connectivity index (χ1n) is 19.1. The monoisotopic (exact) mass is 786 g/mol. The summed E-state index contributed by atoms with van der Waals surface area (Å²) in [5, 5.41) is 7.79. The van der Waals surface area contributed by atoms with E-state index in [1.54, 1.807) is 23.8 Å². The molecule has 1 aromatic heterocycles. The molecule has 3 aliphatic heterocycles. The molecule has 3 aromatic rings. The summed E-state index contributed by atoms with van der Waals surface area (Å²) >= 11 is 1.63. The Morgan fingerprint density at radius 2 is 1.85 bits per heavy atom. The normalized spacial score (nSPS) is 29.0. The Bertz CT molecular complexity index is 2120. The molecule has 3 N–H and O–H groups in total. The minimum Gasteiger partial charge on any atom is -0.497 e. The molecule has 5 aliphatic rings.